The predicted octanol–water partition coefficient (Wildman–Crippen LogP) is 2.46. The number of benzene rings is 1. The number of rotatable bonds is 4. The second-order valence-electron chi connectivity index (χ2n) is 3.80. The SMILES string of the molecule is COc1cc(C(=O)O)cc(-c2ccncc2)c1OC. The number of ether oxygens (including phenoxy) is 2. The molecule has 1 aromatic heterocycles. The minimum Gasteiger partial charge on any atom is -0.493 e. The zero-order chi connectivity index (χ0) is 13.8. The Balaban J connectivity index is 2.70. The van der Waals surface area contributed by atoms with E-state index in [2.05, 4.69) is 4.98 Å². The van der Waals surface area contributed by atoms with E-state index in [1.165, 1.54) is 20.3 Å². The predicted molar refractivity (Wildman–Crippen MR) is 69.7 cm³/mol. The third kappa shape index (κ3) is 2.49. The number of carboxylic acid groups (broad SMARTS) is 1. The van der Waals surface area contributed by atoms with Crippen LogP contribution in [0.15, 0.2) is 36.7 Å². The van der Waals surface area contributed by atoms with E-state index in [-0.39, 0.29) is 5.56 Å². The monoisotopic (exact) mass is 259 g/mol. The Morgan fingerprint density at radius 1 is 1.16 bits per heavy atom. The molecule has 0 spiro atoms. The van der Waals surface area contributed by atoms with Gasteiger partial charge in [0.25, 0.3) is 0 Å². The number of pyridine rings is 1. The van der Waals surface area contributed by atoms with Gasteiger partial charge in [-0.2, -0.15) is 0 Å². The maximum absolute atomic E-state index is 11.1. The summed E-state index contributed by atoms with van der Waals surface area (Å²) in [6.45, 7) is 0. The van der Waals surface area contributed by atoms with Gasteiger partial charge in [-0.3, -0.25) is 4.98 Å². The average molecular weight is 259 g/mol. The molecule has 19 heavy (non-hydrogen) atoms. The molecule has 0 aliphatic carbocycles. The van der Waals surface area contributed by atoms with Crippen LogP contribution in [0.2, 0.25) is 0 Å². The van der Waals surface area contributed by atoms with Gasteiger partial charge in [-0.05, 0) is 29.8 Å². The first kappa shape index (κ1) is 12.9. The molecule has 2 rings (SSSR count). The van der Waals surface area contributed by atoms with Crippen LogP contribution < -0.4 is 9.47 Å². The van der Waals surface area contributed by atoms with Crippen LogP contribution in [-0.2, 0) is 0 Å². The van der Waals surface area contributed by atoms with E-state index in [1.54, 1.807) is 30.6 Å². The zero-order valence-corrected chi connectivity index (χ0v) is 10.6. The molecule has 1 aromatic carbocycles. The maximum atomic E-state index is 11.1. The molecule has 2 aromatic rings. The first-order valence-electron chi connectivity index (χ1n) is 5.57. The van der Waals surface area contributed by atoms with Crippen LogP contribution in [0.25, 0.3) is 11.1 Å². The van der Waals surface area contributed by atoms with Gasteiger partial charge in [-0.15, -0.1) is 0 Å². The van der Waals surface area contributed by atoms with Crippen molar-refractivity contribution in [3.63, 3.8) is 0 Å². The topological polar surface area (TPSA) is 68.7 Å². The first-order valence-corrected chi connectivity index (χ1v) is 5.57. The van der Waals surface area contributed by atoms with Crippen molar-refractivity contribution in [2.45, 2.75) is 0 Å². The van der Waals surface area contributed by atoms with E-state index in [1.807, 2.05) is 0 Å². The zero-order valence-electron chi connectivity index (χ0n) is 10.6. The fourth-order valence-corrected chi connectivity index (χ4v) is 1.83. The molecule has 98 valence electrons. The lowest BCUT2D eigenvalue weighted by molar-refractivity contribution is 0.0696. The Morgan fingerprint density at radius 3 is 2.37 bits per heavy atom. The lowest BCUT2D eigenvalue weighted by Crippen LogP contribution is -2.01. The van der Waals surface area contributed by atoms with Gasteiger partial charge in [0.15, 0.2) is 11.5 Å². The van der Waals surface area contributed by atoms with E-state index in [4.69, 9.17) is 14.6 Å². The fraction of sp³-hybridized carbons (Fsp3) is 0.143. The molecule has 1 N–H and O–H groups in total. The number of aromatic nitrogens is 1. The molecule has 0 saturated carbocycles. The summed E-state index contributed by atoms with van der Waals surface area (Å²) >= 11 is 0. The standard InChI is InChI=1S/C14H13NO4/c1-18-12-8-10(14(16)17)7-11(13(12)19-2)9-3-5-15-6-4-9/h3-8H,1-2H3,(H,16,17). The molecule has 0 aliphatic rings. The number of hydrogen-bond donors (Lipinski definition) is 1. The number of nitrogens with zero attached hydrogens (tertiary/aromatic N) is 1. The highest BCUT2D eigenvalue weighted by molar-refractivity contribution is 5.92. The molecule has 0 bridgehead atoms. The lowest BCUT2D eigenvalue weighted by Gasteiger charge is -2.14. The Hall–Kier alpha value is -2.56. The van der Waals surface area contributed by atoms with Crippen molar-refractivity contribution >= 4 is 5.97 Å². The molecule has 5 heteroatoms. The van der Waals surface area contributed by atoms with Crippen molar-refractivity contribution in [2.75, 3.05) is 14.2 Å². The van der Waals surface area contributed by atoms with Crippen molar-refractivity contribution in [3.8, 4) is 22.6 Å². The quantitative estimate of drug-likeness (QED) is 0.913. The summed E-state index contributed by atoms with van der Waals surface area (Å²) in [7, 11) is 2.99. The molecule has 5 nitrogen and oxygen atoms in total. The molecule has 0 unspecified atom stereocenters. The number of methoxy groups -OCH3 is 2. The number of hydrogen-bond acceptors (Lipinski definition) is 4. The molecule has 0 fully saturated rings. The van der Waals surface area contributed by atoms with E-state index in [0.29, 0.717) is 17.1 Å². The second-order valence-corrected chi connectivity index (χ2v) is 3.80. The van der Waals surface area contributed by atoms with E-state index in [0.717, 1.165) is 5.56 Å². The number of aromatic carboxylic acids is 1. The van der Waals surface area contributed by atoms with Crippen LogP contribution in [0, 0.1) is 0 Å². The normalized spacial score (nSPS) is 10.0. The van der Waals surface area contributed by atoms with Crippen molar-refractivity contribution in [1.82, 2.24) is 4.98 Å². The second kappa shape index (κ2) is 5.39. The molecule has 0 amide bonds. The fourth-order valence-electron chi connectivity index (χ4n) is 1.83. The smallest absolute Gasteiger partial charge is 0.335 e. The summed E-state index contributed by atoms with van der Waals surface area (Å²) < 4.78 is 10.5. The summed E-state index contributed by atoms with van der Waals surface area (Å²) in [5.41, 5.74) is 1.61. The van der Waals surface area contributed by atoms with Crippen LogP contribution in [0.4, 0.5) is 0 Å². The first-order chi connectivity index (χ1) is 9.17. The van der Waals surface area contributed by atoms with Gasteiger partial charge >= 0.3 is 5.97 Å². The molecule has 0 aliphatic heterocycles. The highest BCUT2D eigenvalue weighted by Gasteiger charge is 2.16. The molecule has 1 heterocycles. The molecule has 0 atom stereocenters. The van der Waals surface area contributed by atoms with Crippen molar-refractivity contribution < 1.29 is 19.4 Å². The average Bonchev–Trinajstić information content (AvgIpc) is 2.46. The van der Waals surface area contributed by atoms with E-state index >= 15 is 0 Å². The minimum absolute atomic E-state index is 0.143. The molecule has 0 radical (unpaired) electrons. The highest BCUT2D eigenvalue weighted by Crippen LogP contribution is 2.39. The summed E-state index contributed by atoms with van der Waals surface area (Å²) in [5.74, 6) is -0.135. The van der Waals surface area contributed by atoms with Crippen LogP contribution in [0.5, 0.6) is 11.5 Å². The Morgan fingerprint density at radius 2 is 1.84 bits per heavy atom. The molecular weight excluding hydrogens is 246 g/mol. The van der Waals surface area contributed by atoms with Crippen molar-refractivity contribution in [1.29, 1.82) is 0 Å². The van der Waals surface area contributed by atoms with Crippen molar-refractivity contribution in [2.24, 2.45) is 0 Å². The lowest BCUT2D eigenvalue weighted by atomic mass is 10.0. The Kier molecular flexibility index (Phi) is 3.66. The maximum Gasteiger partial charge on any atom is 0.335 e. The van der Waals surface area contributed by atoms with Gasteiger partial charge in [0.05, 0.1) is 19.8 Å². The van der Waals surface area contributed by atoms with Crippen LogP contribution in [0.1, 0.15) is 10.4 Å². The van der Waals surface area contributed by atoms with Gasteiger partial charge in [0, 0.05) is 18.0 Å². The van der Waals surface area contributed by atoms with E-state index in [9.17, 15) is 4.79 Å². The van der Waals surface area contributed by atoms with Crippen molar-refractivity contribution in [3.05, 3.63) is 42.2 Å². The van der Waals surface area contributed by atoms with Gasteiger partial charge in [0.2, 0.25) is 0 Å². The highest BCUT2D eigenvalue weighted by atomic mass is 16.5. The summed E-state index contributed by atoms with van der Waals surface area (Å²) in [4.78, 5) is 15.1. The number of carboxylic acids is 1. The van der Waals surface area contributed by atoms with Gasteiger partial charge < -0.3 is 14.6 Å². The third-order valence-corrected chi connectivity index (χ3v) is 2.72. The Bertz CT molecular complexity index is 596. The molecular formula is C14H13NO4. The van der Waals surface area contributed by atoms with Gasteiger partial charge in [0.1, 0.15) is 0 Å². The van der Waals surface area contributed by atoms with Crippen LogP contribution in [-0.4, -0.2) is 30.3 Å². The Labute approximate surface area is 110 Å². The third-order valence-electron chi connectivity index (χ3n) is 2.72. The van der Waals surface area contributed by atoms with E-state index < -0.39 is 5.97 Å². The summed E-state index contributed by atoms with van der Waals surface area (Å²) in [5, 5.41) is 9.13. The van der Waals surface area contributed by atoms with Crippen LogP contribution >= 0.6 is 0 Å². The minimum atomic E-state index is -1.02. The molecule has 0 saturated heterocycles. The largest absolute Gasteiger partial charge is 0.493 e. The summed E-state index contributed by atoms with van der Waals surface area (Å²) in [6.07, 6.45) is 3.27. The summed E-state index contributed by atoms with van der Waals surface area (Å²) in [6, 6.07) is 6.55. The van der Waals surface area contributed by atoms with Gasteiger partial charge in [-0.1, -0.05) is 0 Å². The number of carbonyl (C=O) groups is 1. The van der Waals surface area contributed by atoms with Gasteiger partial charge in [-0.25, -0.2) is 4.79 Å². The van der Waals surface area contributed by atoms with Crippen LogP contribution in [0.3, 0.4) is 0 Å².